The summed E-state index contributed by atoms with van der Waals surface area (Å²) in [5, 5.41) is 2.76. The van der Waals surface area contributed by atoms with E-state index in [-0.39, 0.29) is 11.9 Å². The van der Waals surface area contributed by atoms with E-state index >= 15 is 0 Å². The van der Waals surface area contributed by atoms with Crippen LogP contribution in [-0.2, 0) is 4.79 Å². The fraction of sp³-hybridized carbons (Fsp3) is 0.556. The van der Waals surface area contributed by atoms with Crippen LogP contribution in [0.2, 0.25) is 0 Å². The first-order valence-corrected chi connectivity index (χ1v) is 4.74. The van der Waals surface area contributed by atoms with Crippen LogP contribution in [0, 0.1) is 0 Å². The average Bonchev–Trinajstić information content (AvgIpc) is 2.67. The Morgan fingerprint density at radius 3 is 3.14 bits per heavy atom. The zero-order valence-corrected chi connectivity index (χ0v) is 8.29. The largest absolute Gasteiger partial charge is 0.354 e. The Morgan fingerprint density at radius 2 is 2.57 bits per heavy atom. The summed E-state index contributed by atoms with van der Waals surface area (Å²) in [4.78, 5) is 17.9. The molecule has 1 atom stereocenters. The maximum atomic E-state index is 11.1. The van der Waals surface area contributed by atoms with Gasteiger partial charge in [0.25, 0.3) is 0 Å². The highest BCUT2D eigenvalue weighted by molar-refractivity contribution is 5.75. The van der Waals surface area contributed by atoms with E-state index in [1.54, 1.807) is 12.5 Å². The first-order chi connectivity index (χ1) is 6.74. The minimum absolute atomic E-state index is 0.0439. The number of imidazole rings is 1. The standard InChI is InChI=1S/C9H16N4O/c1-2-3-9(14)12-4-7(10)8-5-11-6-13-8/h5-7H,2-4,10H2,1H3,(H,11,13)(H,12,14). The first-order valence-electron chi connectivity index (χ1n) is 4.74. The molecule has 0 aliphatic carbocycles. The van der Waals surface area contributed by atoms with Crippen molar-refractivity contribution in [1.82, 2.24) is 15.3 Å². The molecule has 0 saturated carbocycles. The number of carbonyl (C=O) groups excluding carboxylic acids is 1. The molecule has 0 saturated heterocycles. The third-order valence-electron chi connectivity index (χ3n) is 1.92. The fourth-order valence-electron chi connectivity index (χ4n) is 1.12. The average molecular weight is 196 g/mol. The quantitative estimate of drug-likeness (QED) is 0.634. The van der Waals surface area contributed by atoms with Crippen molar-refractivity contribution in [2.45, 2.75) is 25.8 Å². The van der Waals surface area contributed by atoms with Crippen molar-refractivity contribution < 1.29 is 4.79 Å². The van der Waals surface area contributed by atoms with E-state index in [1.165, 1.54) is 0 Å². The molecule has 4 N–H and O–H groups in total. The molecule has 14 heavy (non-hydrogen) atoms. The third kappa shape index (κ3) is 3.18. The molecule has 0 radical (unpaired) electrons. The van der Waals surface area contributed by atoms with Crippen molar-refractivity contribution in [2.24, 2.45) is 5.73 Å². The van der Waals surface area contributed by atoms with E-state index in [9.17, 15) is 4.79 Å². The monoisotopic (exact) mass is 196 g/mol. The maximum Gasteiger partial charge on any atom is 0.220 e. The smallest absolute Gasteiger partial charge is 0.220 e. The Balaban J connectivity index is 2.28. The summed E-state index contributed by atoms with van der Waals surface area (Å²) >= 11 is 0. The molecular weight excluding hydrogens is 180 g/mol. The van der Waals surface area contributed by atoms with E-state index in [4.69, 9.17) is 5.73 Å². The zero-order valence-electron chi connectivity index (χ0n) is 8.29. The van der Waals surface area contributed by atoms with Gasteiger partial charge >= 0.3 is 0 Å². The highest BCUT2D eigenvalue weighted by Crippen LogP contribution is 2.02. The van der Waals surface area contributed by atoms with Gasteiger partial charge < -0.3 is 16.0 Å². The molecule has 0 fully saturated rings. The van der Waals surface area contributed by atoms with Crippen LogP contribution in [0.4, 0.5) is 0 Å². The van der Waals surface area contributed by atoms with Gasteiger partial charge in [0.15, 0.2) is 0 Å². The summed E-state index contributed by atoms with van der Waals surface area (Å²) in [5.41, 5.74) is 6.63. The van der Waals surface area contributed by atoms with Crippen LogP contribution in [0.15, 0.2) is 12.5 Å². The number of H-pyrrole nitrogens is 1. The second-order valence-corrected chi connectivity index (χ2v) is 3.17. The van der Waals surface area contributed by atoms with E-state index < -0.39 is 0 Å². The second kappa shape index (κ2) is 5.39. The highest BCUT2D eigenvalue weighted by Gasteiger charge is 2.08. The van der Waals surface area contributed by atoms with Crippen LogP contribution >= 0.6 is 0 Å². The molecule has 0 aliphatic rings. The van der Waals surface area contributed by atoms with Gasteiger partial charge in [-0.15, -0.1) is 0 Å². The molecule has 0 aliphatic heterocycles. The molecule has 0 spiro atoms. The van der Waals surface area contributed by atoms with Crippen LogP contribution in [-0.4, -0.2) is 22.4 Å². The van der Waals surface area contributed by atoms with E-state index in [1.807, 2.05) is 6.92 Å². The molecule has 1 amide bonds. The Kier molecular flexibility index (Phi) is 4.12. The van der Waals surface area contributed by atoms with Gasteiger partial charge in [0.2, 0.25) is 5.91 Å². The number of aromatic nitrogens is 2. The van der Waals surface area contributed by atoms with Crippen molar-refractivity contribution >= 4 is 5.91 Å². The molecule has 1 aromatic rings. The van der Waals surface area contributed by atoms with E-state index in [0.29, 0.717) is 13.0 Å². The van der Waals surface area contributed by atoms with Crippen molar-refractivity contribution in [1.29, 1.82) is 0 Å². The lowest BCUT2D eigenvalue weighted by Gasteiger charge is -2.10. The van der Waals surface area contributed by atoms with E-state index in [0.717, 1.165) is 12.1 Å². The number of amides is 1. The number of rotatable bonds is 5. The molecule has 5 heteroatoms. The topological polar surface area (TPSA) is 83.8 Å². The third-order valence-corrected chi connectivity index (χ3v) is 1.92. The normalized spacial score (nSPS) is 12.4. The van der Waals surface area contributed by atoms with E-state index in [2.05, 4.69) is 15.3 Å². The molecule has 1 rings (SSSR count). The van der Waals surface area contributed by atoms with Crippen LogP contribution < -0.4 is 11.1 Å². The number of nitrogens with zero attached hydrogens (tertiary/aromatic N) is 1. The summed E-state index contributed by atoms with van der Waals surface area (Å²) in [7, 11) is 0. The van der Waals surface area contributed by atoms with Crippen molar-refractivity contribution in [3.8, 4) is 0 Å². The van der Waals surface area contributed by atoms with Crippen molar-refractivity contribution in [3.05, 3.63) is 18.2 Å². The molecule has 1 aromatic heterocycles. The highest BCUT2D eigenvalue weighted by atomic mass is 16.1. The number of hydrogen-bond acceptors (Lipinski definition) is 3. The molecule has 0 aromatic carbocycles. The number of nitrogens with one attached hydrogen (secondary N) is 2. The lowest BCUT2D eigenvalue weighted by Crippen LogP contribution is -2.31. The lowest BCUT2D eigenvalue weighted by molar-refractivity contribution is -0.121. The van der Waals surface area contributed by atoms with Crippen LogP contribution in [0.5, 0.6) is 0 Å². The fourth-order valence-corrected chi connectivity index (χ4v) is 1.12. The minimum atomic E-state index is -0.210. The molecule has 1 unspecified atom stereocenters. The summed E-state index contributed by atoms with van der Waals surface area (Å²) in [6.45, 7) is 2.41. The maximum absolute atomic E-state index is 11.1. The van der Waals surface area contributed by atoms with Gasteiger partial charge in [-0.05, 0) is 6.42 Å². The van der Waals surface area contributed by atoms with Crippen LogP contribution in [0.3, 0.4) is 0 Å². The Labute approximate surface area is 83.1 Å². The number of hydrogen-bond donors (Lipinski definition) is 3. The van der Waals surface area contributed by atoms with Crippen molar-refractivity contribution in [2.75, 3.05) is 6.54 Å². The van der Waals surface area contributed by atoms with Crippen LogP contribution in [0.1, 0.15) is 31.5 Å². The molecule has 78 valence electrons. The summed E-state index contributed by atoms with van der Waals surface area (Å²) in [6.07, 6.45) is 4.64. The summed E-state index contributed by atoms with van der Waals surface area (Å²) < 4.78 is 0. The summed E-state index contributed by atoms with van der Waals surface area (Å²) in [5.74, 6) is 0.0439. The zero-order chi connectivity index (χ0) is 10.4. The molecule has 0 bridgehead atoms. The van der Waals surface area contributed by atoms with Gasteiger partial charge in [-0.3, -0.25) is 4.79 Å². The predicted octanol–water partition coefficient (Wildman–Crippen LogP) is 0.326. The van der Waals surface area contributed by atoms with Gasteiger partial charge in [0.05, 0.1) is 18.1 Å². The molecule has 1 heterocycles. The Hall–Kier alpha value is -1.36. The molecular formula is C9H16N4O. The van der Waals surface area contributed by atoms with Gasteiger partial charge in [0.1, 0.15) is 0 Å². The van der Waals surface area contributed by atoms with Gasteiger partial charge in [-0.25, -0.2) is 4.98 Å². The Bertz CT molecular complexity index is 270. The predicted molar refractivity (Wildman–Crippen MR) is 53.4 cm³/mol. The molecule has 5 nitrogen and oxygen atoms in total. The van der Waals surface area contributed by atoms with Gasteiger partial charge in [0, 0.05) is 19.2 Å². The summed E-state index contributed by atoms with van der Waals surface area (Å²) in [6, 6.07) is -0.210. The second-order valence-electron chi connectivity index (χ2n) is 3.17. The SMILES string of the molecule is CCCC(=O)NCC(N)c1cnc[nH]1. The van der Waals surface area contributed by atoms with Gasteiger partial charge in [-0.1, -0.05) is 6.92 Å². The van der Waals surface area contributed by atoms with Gasteiger partial charge in [-0.2, -0.15) is 0 Å². The first kappa shape index (κ1) is 10.7. The minimum Gasteiger partial charge on any atom is -0.354 e. The lowest BCUT2D eigenvalue weighted by atomic mass is 10.2. The number of carbonyl (C=O) groups is 1. The van der Waals surface area contributed by atoms with Crippen molar-refractivity contribution in [3.63, 3.8) is 0 Å². The number of nitrogens with two attached hydrogens (primary N) is 1. The van der Waals surface area contributed by atoms with Crippen LogP contribution in [0.25, 0.3) is 0 Å². The number of aromatic amines is 1. The Morgan fingerprint density at radius 1 is 1.79 bits per heavy atom.